The first-order chi connectivity index (χ1) is 11.4. The van der Waals surface area contributed by atoms with E-state index in [1.807, 2.05) is 0 Å². The molecule has 0 aromatic rings. The topological polar surface area (TPSA) is 90.0 Å². The molecule has 0 aromatic carbocycles. The van der Waals surface area contributed by atoms with Crippen LogP contribution in [0.5, 0.6) is 0 Å². The molecule has 1 aliphatic heterocycles. The standard InChI is InChI=1S/C17H27N3O4/c1-11(21)20-6-2-3-15(20)17(24)18-13-7-14(8-13)19(10-16(22)23)9-12-4-5-12/h12-15H,2-10H2,1H3,(H,18,24)(H,22,23)/t13?,14?,15-/m0/s1. The smallest absolute Gasteiger partial charge is 0.317 e. The van der Waals surface area contributed by atoms with Gasteiger partial charge in [0.25, 0.3) is 0 Å². The molecule has 1 atom stereocenters. The van der Waals surface area contributed by atoms with Gasteiger partial charge >= 0.3 is 5.97 Å². The van der Waals surface area contributed by atoms with E-state index in [1.54, 1.807) is 4.90 Å². The lowest BCUT2D eigenvalue weighted by atomic mass is 9.85. The van der Waals surface area contributed by atoms with Crippen molar-refractivity contribution in [2.45, 2.75) is 63.6 Å². The van der Waals surface area contributed by atoms with E-state index in [2.05, 4.69) is 10.2 Å². The zero-order valence-electron chi connectivity index (χ0n) is 14.2. The van der Waals surface area contributed by atoms with Gasteiger partial charge in [0.2, 0.25) is 11.8 Å². The summed E-state index contributed by atoms with van der Waals surface area (Å²) in [5.41, 5.74) is 0. The number of hydrogen-bond donors (Lipinski definition) is 2. The van der Waals surface area contributed by atoms with Gasteiger partial charge in [0.05, 0.1) is 6.54 Å². The monoisotopic (exact) mass is 337 g/mol. The van der Waals surface area contributed by atoms with Crippen molar-refractivity contribution in [3.05, 3.63) is 0 Å². The molecule has 3 aliphatic rings. The van der Waals surface area contributed by atoms with Gasteiger partial charge in [-0.3, -0.25) is 19.3 Å². The Morgan fingerprint density at radius 1 is 1.21 bits per heavy atom. The largest absolute Gasteiger partial charge is 0.480 e. The lowest BCUT2D eigenvalue weighted by Gasteiger charge is -2.43. The highest BCUT2D eigenvalue weighted by molar-refractivity contribution is 5.87. The van der Waals surface area contributed by atoms with Crippen LogP contribution >= 0.6 is 0 Å². The number of carboxylic acids is 1. The minimum absolute atomic E-state index is 0.0452. The van der Waals surface area contributed by atoms with Crippen LogP contribution in [-0.2, 0) is 14.4 Å². The van der Waals surface area contributed by atoms with Crippen molar-refractivity contribution >= 4 is 17.8 Å². The molecule has 1 saturated heterocycles. The minimum atomic E-state index is -0.786. The van der Waals surface area contributed by atoms with Gasteiger partial charge in [-0.15, -0.1) is 0 Å². The van der Waals surface area contributed by atoms with E-state index in [0.717, 1.165) is 32.2 Å². The van der Waals surface area contributed by atoms with Gasteiger partial charge in [-0.2, -0.15) is 0 Å². The molecule has 0 aromatic heterocycles. The molecule has 3 rings (SSSR count). The first kappa shape index (κ1) is 17.2. The number of aliphatic carboxylic acids is 1. The summed E-state index contributed by atoms with van der Waals surface area (Å²) in [6, 6.07) is 0.0232. The molecule has 0 spiro atoms. The Balaban J connectivity index is 1.46. The first-order valence-electron chi connectivity index (χ1n) is 8.97. The summed E-state index contributed by atoms with van der Waals surface area (Å²) in [5.74, 6) is -0.235. The summed E-state index contributed by atoms with van der Waals surface area (Å²) in [5, 5.41) is 12.1. The number of nitrogens with zero attached hydrogens (tertiary/aromatic N) is 2. The van der Waals surface area contributed by atoms with E-state index in [9.17, 15) is 14.4 Å². The summed E-state index contributed by atoms with van der Waals surface area (Å²) < 4.78 is 0. The molecule has 2 aliphatic carbocycles. The average Bonchev–Trinajstić information content (AvgIpc) is 3.13. The summed E-state index contributed by atoms with van der Waals surface area (Å²) in [6.45, 7) is 3.11. The van der Waals surface area contributed by atoms with E-state index < -0.39 is 5.97 Å². The van der Waals surface area contributed by atoms with E-state index in [1.165, 1.54) is 19.8 Å². The van der Waals surface area contributed by atoms with Crippen LogP contribution in [-0.4, -0.2) is 70.4 Å². The highest BCUT2D eigenvalue weighted by Gasteiger charge is 2.40. The molecular weight excluding hydrogens is 310 g/mol. The van der Waals surface area contributed by atoms with Crippen molar-refractivity contribution < 1.29 is 19.5 Å². The number of nitrogens with one attached hydrogen (secondary N) is 1. The molecule has 2 amide bonds. The van der Waals surface area contributed by atoms with Crippen LogP contribution in [0.2, 0.25) is 0 Å². The third kappa shape index (κ3) is 4.06. The summed E-state index contributed by atoms with van der Waals surface area (Å²) in [7, 11) is 0. The Morgan fingerprint density at radius 3 is 2.50 bits per heavy atom. The van der Waals surface area contributed by atoms with E-state index in [0.29, 0.717) is 12.5 Å². The van der Waals surface area contributed by atoms with E-state index >= 15 is 0 Å². The fourth-order valence-corrected chi connectivity index (χ4v) is 3.87. The SMILES string of the molecule is CC(=O)N1CCC[C@H]1C(=O)NC1CC(N(CC(=O)O)CC2CC2)C1. The van der Waals surface area contributed by atoms with Gasteiger partial charge in [-0.25, -0.2) is 0 Å². The Kier molecular flexibility index (Phi) is 5.08. The Hall–Kier alpha value is -1.63. The molecule has 0 radical (unpaired) electrons. The van der Waals surface area contributed by atoms with Crippen LogP contribution in [0.4, 0.5) is 0 Å². The summed E-state index contributed by atoms with van der Waals surface area (Å²) in [4.78, 5) is 38.7. The Bertz CT molecular complexity index is 514. The van der Waals surface area contributed by atoms with Crippen LogP contribution in [0.1, 0.15) is 45.4 Å². The molecule has 7 nitrogen and oxygen atoms in total. The van der Waals surface area contributed by atoms with Crippen molar-refractivity contribution in [3.8, 4) is 0 Å². The van der Waals surface area contributed by atoms with Crippen LogP contribution in [0, 0.1) is 5.92 Å². The summed E-state index contributed by atoms with van der Waals surface area (Å²) >= 11 is 0. The maximum Gasteiger partial charge on any atom is 0.317 e. The molecule has 0 bridgehead atoms. The van der Waals surface area contributed by atoms with Gasteiger partial charge in [-0.1, -0.05) is 0 Å². The number of carbonyl (C=O) groups excluding carboxylic acids is 2. The number of rotatable bonds is 7. The van der Waals surface area contributed by atoms with Gasteiger partial charge in [-0.05, 0) is 44.4 Å². The number of carbonyl (C=O) groups is 3. The molecule has 1 heterocycles. The van der Waals surface area contributed by atoms with Crippen molar-refractivity contribution in [1.82, 2.24) is 15.1 Å². The fourth-order valence-electron chi connectivity index (χ4n) is 3.87. The van der Waals surface area contributed by atoms with Crippen molar-refractivity contribution in [1.29, 1.82) is 0 Å². The number of hydrogen-bond acceptors (Lipinski definition) is 4. The quantitative estimate of drug-likeness (QED) is 0.704. The van der Waals surface area contributed by atoms with Crippen molar-refractivity contribution in [2.75, 3.05) is 19.6 Å². The maximum atomic E-state index is 12.4. The van der Waals surface area contributed by atoms with Crippen molar-refractivity contribution in [2.24, 2.45) is 5.92 Å². The van der Waals surface area contributed by atoms with Gasteiger partial charge in [0.1, 0.15) is 6.04 Å². The minimum Gasteiger partial charge on any atom is -0.480 e. The normalized spacial score (nSPS) is 29.4. The van der Waals surface area contributed by atoms with Crippen LogP contribution in [0.25, 0.3) is 0 Å². The Morgan fingerprint density at radius 2 is 1.92 bits per heavy atom. The van der Waals surface area contributed by atoms with Gasteiger partial charge < -0.3 is 15.3 Å². The molecule has 2 saturated carbocycles. The molecule has 134 valence electrons. The van der Waals surface area contributed by atoms with E-state index in [-0.39, 0.29) is 36.5 Å². The summed E-state index contributed by atoms with van der Waals surface area (Å²) in [6.07, 6.45) is 5.61. The van der Waals surface area contributed by atoms with Crippen LogP contribution in [0.3, 0.4) is 0 Å². The number of amides is 2. The van der Waals surface area contributed by atoms with Gasteiger partial charge in [0, 0.05) is 32.1 Å². The Labute approximate surface area is 142 Å². The predicted molar refractivity (Wildman–Crippen MR) is 87.3 cm³/mol. The first-order valence-corrected chi connectivity index (χ1v) is 8.97. The second-order valence-electron chi connectivity index (χ2n) is 7.47. The van der Waals surface area contributed by atoms with Crippen LogP contribution < -0.4 is 5.32 Å². The molecular formula is C17H27N3O4. The third-order valence-electron chi connectivity index (χ3n) is 5.46. The zero-order valence-corrected chi connectivity index (χ0v) is 14.2. The average molecular weight is 337 g/mol. The maximum absolute atomic E-state index is 12.4. The molecule has 3 fully saturated rings. The molecule has 24 heavy (non-hydrogen) atoms. The van der Waals surface area contributed by atoms with Crippen molar-refractivity contribution in [3.63, 3.8) is 0 Å². The molecule has 2 N–H and O–H groups in total. The van der Waals surface area contributed by atoms with Gasteiger partial charge in [0.15, 0.2) is 0 Å². The van der Waals surface area contributed by atoms with E-state index in [4.69, 9.17) is 5.11 Å². The lowest BCUT2D eigenvalue weighted by molar-refractivity contribution is -0.140. The highest BCUT2D eigenvalue weighted by Crippen LogP contribution is 2.34. The molecule has 0 unspecified atom stereocenters. The predicted octanol–water partition coefficient (Wildman–Crippen LogP) is 0.441. The zero-order chi connectivity index (χ0) is 17.3. The third-order valence-corrected chi connectivity index (χ3v) is 5.46. The number of likely N-dealkylation sites (tertiary alicyclic amines) is 1. The van der Waals surface area contributed by atoms with Crippen LogP contribution in [0.15, 0.2) is 0 Å². The highest BCUT2D eigenvalue weighted by atomic mass is 16.4. The fraction of sp³-hybridized carbons (Fsp3) is 0.824. The molecule has 7 heteroatoms. The second-order valence-corrected chi connectivity index (χ2v) is 7.47. The number of carboxylic acid groups (broad SMARTS) is 1. The lowest BCUT2D eigenvalue weighted by Crippen LogP contribution is -2.57. The second kappa shape index (κ2) is 7.09.